The summed E-state index contributed by atoms with van der Waals surface area (Å²) in [6.07, 6.45) is 3.97. The minimum Gasteiger partial charge on any atom is -0.466 e. The van der Waals surface area contributed by atoms with Crippen LogP contribution in [0.3, 0.4) is 0 Å². The third-order valence-electron chi connectivity index (χ3n) is 5.46. The predicted molar refractivity (Wildman–Crippen MR) is 126 cm³/mol. The zero-order chi connectivity index (χ0) is 26.7. The van der Waals surface area contributed by atoms with Gasteiger partial charge in [-0.05, 0) is 32.6 Å². The van der Waals surface area contributed by atoms with E-state index in [4.69, 9.17) is 23.7 Å². The number of hydrogen-bond acceptors (Lipinski definition) is 10. The zero-order valence-electron chi connectivity index (χ0n) is 21.9. The molecule has 0 aromatic carbocycles. The van der Waals surface area contributed by atoms with Crippen molar-refractivity contribution >= 4 is 30.3 Å². The molecule has 0 fully saturated rings. The maximum atomic E-state index is 13.5. The Balaban J connectivity index is 6.61. The molecule has 202 valence electrons. The third kappa shape index (κ3) is 9.49. The molecule has 0 saturated carbocycles. The van der Waals surface area contributed by atoms with Gasteiger partial charge < -0.3 is 23.7 Å². The minimum atomic E-state index is -2.88. The van der Waals surface area contributed by atoms with E-state index in [1.165, 1.54) is 0 Å². The Bertz CT molecular complexity index is 620. The molecule has 0 N–H and O–H groups in total. The lowest BCUT2D eigenvalue weighted by molar-refractivity contribution is -0.209. The molecule has 0 radical (unpaired) electrons. The summed E-state index contributed by atoms with van der Waals surface area (Å²) in [6, 6.07) is 0. The molecule has 0 amide bonds. The van der Waals surface area contributed by atoms with Crippen molar-refractivity contribution in [3.05, 3.63) is 0 Å². The number of rotatable bonds is 20. The molecular formula is C25H42O10. The first-order valence-electron chi connectivity index (χ1n) is 12.5. The van der Waals surface area contributed by atoms with E-state index >= 15 is 0 Å². The second-order valence-electron chi connectivity index (χ2n) is 8.41. The summed E-state index contributed by atoms with van der Waals surface area (Å²) in [4.78, 5) is 64.6. The molecule has 1 unspecified atom stereocenters. The van der Waals surface area contributed by atoms with Gasteiger partial charge in [-0.1, -0.05) is 53.4 Å². The SMILES string of the molecule is CCCCOC(=O)CC(C)(OC=O)C(C(=O)OCCCC)(C(=O)OCCCC)C(=O)OCCCC. The van der Waals surface area contributed by atoms with E-state index in [1.807, 2.05) is 27.7 Å². The third-order valence-corrected chi connectivity index (χ3v) is 5.46. The van der Waals surface area contributed by atoms with E-state index in [2.05, 4.69) is 0 Å². The highest BCUT2D eigenvalue weighted by atomic mass is 16.6. The van der Waals surface area contributed by atoms with Gasteiger partial charge >= 0.3 is 23.9 Å². The number of carbonyl (C=O) groups excluding carboxylic acids is 5. The molecule has 0 aromatic heterocycles. The highest BCUT2D eigenvalue weighted by Gasteiger charge is 2.71. The number of unbranched alkanes of at least 4 members (excludes halogenated alkanes) is 4. The second-order valence-corrected chi connectivity index (χ2v) is 8.41. The van der Waals surface area contributed by atoms with E-state index in [-0.39, 0.29) is 32.9 Å². The summed E-state index contributed by atoms with van der Waals surface area (Å²) in [5.74, 6) is -4.78. The fourth-order valence-corrected chi connectivity index (χ4v) is 3.18. The fourth-order valence-electron chi connectivity index (χ4n) is 3.18. The Morgan fingerprint density at radius 3 is 1.29 bits per heavy atom. The van der Waals surface area contributed by atoms with Gasteiger partial charge in [-0.3, -0.25) is 24.0 Å². The molecule has 0 aliphatic rings. The maximum absolute atomic E-state index is 13.5. The smallest absolute Gasteiger partial charge is 0.339 e. The van der Waals surface area contributed by atoms with Crippen LogP contribution in [0.2, 0.25) is 0 Å². The Morgan fingerprint density at radius 1 is 0.629 bits per heavy atom. The van der Waals surface area contributed by atoms with Gasteiger partial charge in [0, 0.05) is 0 Å². The van der Waals surface area contributed by atoms with E-state index in [0.29, 0.717) is 44.9 Å². The first-order chi connectivity index (χ1) is 16.7. The van der Waals surface area contributed by atoms with Gasteiger partial charge in [0.05, 0.1) is 32.8 Å². The largest absolute Gasteiger partial charge is 0.466 e. The van der Waals surface area contributed by atoms with Crippen molar-refractivity contribution in [3.8, 4) is 0 Å². The first-order valence-corrected chi connectivity index (χ1v) is 12.5. The summed E-state index contributed by atoms with van der Waals surface area (Å²) in [7, 11) is 0. The van der Waals surface area contributed by atoms with Crippen LogP contribution in [0.5, 0.6) is 0 Å². The summed E-state index contributed by atoms with van der Waals surface area (Å²) < 4.78 is 26.2. The molecule has 0 aliphatic heterocycles. The topological polar surface area (TPSA) is 132 Å². The predicted octanol–water partition coefficient (Wildman–Crippen LogP) is 3.67. The lowest BCUT2D eigenvalue weighted by atomic mass is 9.70. The van der Waals surface area contributed by atoms with Crippen molar-refractivity contribution in [2.75, 3.05) is 26.4 Å². The van der Waals surface area contributed by atoms with Crippen molar-refractivity contribution in [2.24, 2.45) is 5.41 Å². The van der Waals surface area contributed by atoms with Crippen LogP contribution < -0.4 is 0 Å². The van der Waals surface area contributed by atoms with Crippen LogP contribution in [0.15, 0.2) is 0 Å². The molecule has 0 aromatic rings. The quantitative estimate of drug-likeness (QED) is 0.0798. The van der Waals surface area contributed by atoms with E-state index in [0.717, 1.165) is 13.3 Å². The number of carbonyl (C=O) groups is 5. The van der Waals surface area contributed by atoms with Crippen LogP contribution in [0.25, 0.3) is 0 Å². The van der Waals surface area contributed by atoms with Gasteiger partial charge in [0.25, 0.3) is 11.9 Å². The molecule has 35 heavy (non-hydrogen) atoms. The van der Waals surface area contributed by atoms with Gasteiger partial charge in [-0.15, -0.1) is 0 Å². The summed E-state index contributed by atoms with van der Waals surface area (Å²) >= 11 is 0. The average molecular weight is 503 g/mol. The number of esters is 4. The Kier molecular flexibility index (Phi) is 16.4. The molecule has 10 nitrogen and oxygen atoms in total. The Hall–Kier alpha value is -2.65. The van der Waals surface area contributed by atoms with Gasteiger partial charge in [-0.25, -0.2) is 0 Å². The molecule has 0 bridgehead atoms. The average Bonchev–Trinajstić information content (AvgIpc) is 2.80. The monoisotopic (exact) mass is 502 g/mol. The van der Waals surface area contributed by atoms with Crippen molar-refractivity contribution in [2.45, 2.75) is 98.0 Å². The molecular weight excluding hydrogens is 460 g/mol. The molecule has 0 heterocycles. The zero-order valence-corrected chi connectivity index (χ0v) is 21.9. The lowest BCUT2D eigenvalue weighted by Crippen LogP contribution is -2.64. The lowest BCUT2D eigenvalue weighted by Gasteiger charge is -2.40. The van der Waals surface area contributed by atoms with Gasteiger partial charge in [0.15, 0.2) is 5.60 Å². The number of hydrogen-bond donors (Lipinski definition) is 0. The highest BCUT2D eigenvalue weighted by molar-refractivity contribution is 6.19. The summed E-state index contributed by atoms with van der Waals surface area (Å²) in [6.45, 7) is 8.39. The number of ether oxygens (including phenoxy) is 5. The molecule has 0 aliphatic carbocycles. The molecule has 0 rings (SSSR count). The molecule has 0 saturated heterocycles. The standard InChI is InChI=1S/C25H42O10/c1-6-10-14-31-20(27)18-24(5,35-19-26)25(21(28)32-15-11-7-2,22(29)33-16-12-8-3)23(30)34-17-13-9-4/h19H,6-18H2,1-5H3. The van der Waals surface area contributed by atoms with Gasteiger partial charge in [-0.2, -0.15) is 0 Å². The van der Waals surface area contributed by atoms with E-state index in [1.54, 1.807) is 0 Å². The van der Waals surface area contributed by atoms with E-state index in [9.17, 15) is 24.0 Å². The van der Waals surface area contributed by atoms with Crippen LogP contribution in [0.4, 0.5) is 0 Å². The van der Waals surface area contributed by atoms with Crippen molar-refractivity contribution < 1.29 is 47.7 Å². The van der Waals surface area contributed by atoms with Crippen LogP contribution in [-0.4, -0.2) is 62.4 Å². The summed E-state index contributed by atoms with van der Waals surface area (Å²) in [5.41, 5.74) is -5.21. The Morgan fingerprint density at radius 2 is 0.971 bits per heavy atom. The maximum Gasteiger partial charge on any atom is 0.339 e. The minimum absolute atomic E-state index is 0.0357. The van der Waals surface area contributed by atoms with Gasteiger partial charge in [0.1, 0.15) is 0 Å². The van der Waals surface area contributed by atoms with Crippen LogP contribution in [0, 0.1) is 5.41 Å². The molecule has 1 atom stereocenters. The van der Waals surface area contributed by atoms with Crippen LogP contribution >= 0.6 is 0 Å². The molecule has 0 spiro atoms. The highest BCUT2D eigenvalue weighted by Crippen LogP contribution is 2.42. The van der Waals surface area contributed by atoms with Crippen molar-refractivity contribution in [1.82, 2.24) is 0 Å². The van der Waals surface area contributed by atoms with Crippen LogP contribution in [-0.2, 0) is 47.7 Å². The normalized spacial score (nSPS) is 12.7. The fraction of sp³-hybridized carbons (Fsp3) is 0.800. The van der Waals surface area contributed by atoms with Gasteiger partial charge in [0.2, 0.25) is 0 Å². The second kappa shape index (κ2) is 17.7. The van der Waals surface area contributed by atoms with E-state index < -0.39 is 41.3 Å². The Labute approximate surface area is 208 Å². The molecule has 10 heteroatoms. The first kappa shape index (κ1) is 32.4. The van der Waals surface area contributed by atoms with Crippen molar-refractivity contribution in [1.29, 1.82) is 0 Å². The summed E-state index contributed by atoms with van der Waals surface area (Å²) in [5, 5.41) is 0. The van der Waals surface area contributed by atoms with Crippen molar-refractivity contribution in [3.63, 3.8) is 0 Å². The van der Waals surface area contributed by atoms with Crippen LogP contribution in [0.1, 0.15) is 92.4 Å².